The average Bonchev–Trinajstić information content (AvgIpc) is 0.757. The smallest absolute Gasteiger partial charge is 0.247 e. The molecule has 0 radical (unpaired) electrons. The molecule has 602 valence electrons. The molecule has 5 fully saturated rings. The Bertz CT molecular complexity index is 3640. The van der Waals surface area contributed by atoms with Crippen molar-refractivity contribution in [1.29, 1.82) is 0 Å². The van der Waals surface area contributed by atoms with Crippen LogP contribution in [0.1, 0.15) is 155 Å². The lowest BCUT2D eigenvalue weighted by atomic mass is 9.54. The predicted octanol–water partition coefficient (Wildman–Crippen LogP) is 0.206. The van der Waals surface area contributed by atoms with Crippen LogP contribution in [-0.4, -0.2) is 218 Å². The third kappa shape index (κ3) is 17.8. The molecule has 109 heavy (non-hydrogen) atoms. The van der Waals surface area contributed by atoms with Crippen molar-refractivity contribution in [3.63, 3.8) is 0 Å². The standard InChI is InChI=1S/C78H114ClN11O19/c1-6-7-8-9-16-83-32-46-51(92)29-45-58(68(46)97)44-24-37(10-13-50(44)91)60-74(102)90-64(78(106)88-62(45)76(104)85-59-40-20-35-19-36(22-40)23-41(59)21-35)66(95)39-12-15-53(47(79)25-39)108-56-27-42-26-55(71(56)109-54-28-43(31-80)67(96)70(99)69(54)98)107-52-14-11-38(18-34(52)4)65(94)63(89-72(100)48(82-5)17-33(2)3)77(105)84-49(30-57(81)93)73(101)86-61(42)75(103)87-60/h11,14,24-27,33-41,43,45,48-50,52-54,58-70,82-83,91-92,94-99H,6-10,12-13,15-23,28-32,80H2,1-5H3,(H2,81,93)(H,84,105)(H,85,104)(H,86,101)(H,87,103)(H,88,106)(H,89,100)(H,90,102)/t34-,35?,36?,37+,38+,39+,40?,41?,43-,45?,48-,49+,50-,52-,53-,54-,58?,59?,60-,61-,62+,63-,64+,65-,66-,67-,68+,69+,70+/m1/s1. The van der Waals surface area contributed by atoms with Gasteiger partial charge in [-0.15, -0.1) is 0 Å². The molecular formula is C78H114ClN11O19. The van der Waals surface area contributed by atoms with Gasteiger partial charge in [0.25, 0.3) is 0 Å². The maximum Gasteiger partial charge on any atom is 0.247 e. The monoisotopic (exact) mass is 1540 g/mol. The zero-order valence-corrected chi connectivity index (χ0v) is 63.5. The SMILES string of the molecule is CCCCCCNCC1=C(O)CC2C(C3=C[C@H](CC[C@H]3O)[C@H]3NC(=O)[C@@H]4NC(=O)[C@H](CC(N)=O)NC(=O)[C@H](NC(=O)[C@@H](CC(C)C)NC)[C@H](O)[C@H]5C=C[C@@H](Oc6cc4cc(c6O[C@@H]4C[C@H](CN)[C@@H](O)[C@H](O)[C@H]4O)O[C@@H]4CC[C@@H](C=C4Cl)[C@@H](O)[C@H](NC3=O)C(=O)N[C@@H]2C(=O)NC2C3CC4CC(C3)CC2C4)[C@H](C)C5)[C@H]1O. The van der Waals surface area contributed by atoms with Crippen LogP contribution in [0.2, 0.25) is 0 Å². The summed E-state index contributed by atoms with van der Waals surface area (Å²) >= 11 is 7.35. The van der Waals surface area contributed by atoms with Crippen molar-refractivity contribution in [2.45, 2.75) is 253 Å². The molecule has 1 aromatic carbocycles. The van der Waals surface area contributed by atoms with Crippen LogP contribution in [0.15, 0.2) is 58.4 Å². The van der Waals surface area contributed by atoms with E-state index in [2.05, 4.69) is 54.8 Å². The van der Waals surface area contributed by atoms with E-state index in [1.807, 2.05) is 13.8 Å². The molecule has 1 aromatic rings. The Labute approximate surface area is 640 Å². The molecular weight excluding hydrogens is 1430 g/mol. The first-order valence-corrected chi connectivity index (χ1v) is 40.0. The Hall–Kier alpha value is -6.97. The van der Waals surface area contributed by atoms with Crippen molar-refractivity contribution in [2.75, 3.05) is 26.7 Å². The summed E-state index contributed by atoms with van der Waals surface area (Å²) in [6.07, 6.45) is -1.73. The van der Waals surface area contributed by atoms with Crippen molar-refractivity contribution in [3.05, 3.63) is 63.9 Å². The zero-order valence-electron chi connectivity index (χ0n) is 62.7. The molecule has 5 aliphatic heterocycles. The number of primary amides is 1. The topological polar surface area (TPSA) is 486 Å². The number of nitrogens with one attached hydrogen (secondary N) is 9. The molecule has 15 bridgehead atoms. The molecule has 21 N–H and O–H groups in total. The fourth-order valence-corrected chi connectivity index (χ4v) is 20.0. The summed E-state index contributed by atoms with van der Waals surface area (Å²) < 4.78 is 20.7. The maximum absolute atomic E-state index is 16.4. The van der Waals surface area contributed by atoms with Gasteiger partial charge in [-0.2, -0.15) is 0 Å². The van der Waals surface area contributed by atoms with Crippen molar-refractivity contribution < 1.29 is 93.4 Å². The van der Waals surface area contributed by atoms with Crippen LogP contribution in [0.5, 0.6) is 17.2 Å². The number of carbonyl (C=O) groups is 8. The number of likely N-dealkylation sites (N-methyl/N-ethyl adjacent to an activating group) is 1. The highest BCUT2D eigenvalue weighted by molar-refractivity contribution is 6.30. The molecule has 5 heterocycles. The van der Waals surface area contributed by atoms with E-state index in [-0.39, 0.29) is 127 Å². The predicted molar refractivity (Wildman–Crippen MR) is 397 cm³/mol. The molecule has 14 aliphatic rings. The lowest BCUT2D eigenvalue weighted by molar-refractivity contribution is -0.149. The number of fused-ring (bicyclic) bond motifs is 12. The number of hydrogen-bond donors (Lipinski definition) is 19. The average molecular weight is 1550 g/mol. The number of carbonyl (C=O) groups excluding carboxylic acids is 8. The zero-order chi connectivity index (χ0) is 78.1. The number of aliphatic hydroxyl groups is 8. The second-order valence-corrected chi connectivity index (χ2v) is 33.9. The highest BCUT2D eigenvalue weighted by Crippen LogP contribution is 2.55. The van der Waals surface area contributed by atoms with Gasteiger partial charge in [-0.1, -0.05) is 76.8 Å². The summed E-state index contributed by atoms with van der Waals surface area (Å²) in [6, 6.07) is -9.85. The van der Waals surface area contributed by atoms with Crippen molar-refractivity contribution in [1.82, 2.24) is 47.9 Å². The van der Waals surface area contributed by atoms with Gasteiger partial charge in [0, 0.05) is 60.1 Å². The van der Waals surface area contributed by atoms with E-state index in [0.29, 0.717) is 24.8 Å². The Kier molecular flexibility index (Phi) is 26.2. The minimum absolute atomic E-state index is 0.000454. The van der Waals surface area contributed by atoms with Crippen LogP contribution in [0.4, 0.5) is 0 Å². The van der Waals surface area contributed by atoms with Crippen LogP contribution in [0.3, 0.4) is 0 Å². The highest BCUT2D eigenvalue weighted by atomic mass is 35.5. The number of rotatable bonds is 19. The number of allylic oxidation sites excluding steroid dienone is 1. The number of aliphatic hydroxyl groups excluding tert-OH is 8. The van der Waals surface area contributed by atoms with E-state index >= 15 is 28.8 Å². The lowest BCUT2D eigenvalue weighted by Gasteiger charge is -2.54. The van der Waals surface area contributed by atoms with Crippen molar-refractivity contribution in [3.8, 4) is 17.2 Å². The van der Waals surface area contributed by atoms with Gasteiger partial charge in [0.1, 0.15) is 66.8 Å². The van der Waals surface area contributed by atoms with Crippen LogP contribution in [-0.2, 0) is 38.4 Å². The minimum Gasteiger partial charge on any atom is -0.512 e. The Balaban J connectivity index is 1.02. The summed E-state index contributed by atoms with van der Waals surface area (Å²) in [5.41, 5.74) is 12.1. The largest absolute Gasteiger partial charge is 0.512 e. The molecule has 24 atom stereocenters. The van der Waals surface area contributed by atoms with Gasteiger partial charge < -0.3 is 114 Å². The summed E-state index contributed by atoms with van der Waals surface area (Å²) in [5, 5.41) is 124. The van der Waals surface area contributed by atoms with E-state index in [9.17, 15) is 50.4 Å². The van der Waals surface area contributed by atoms with Crippen LogP contribution in [0.25, 0.3) is 0 Å². The summed E-state index contributed by atoms with van der Waals surface area (Å²) in [4.78, 5) is 122. The first kappa shape index (κ1) is 81.5. The van der Waals surface area contributed by atoms with E-state index in [4.69, 9.17) is 37.3 Å². The fraction of sp³-hybridized carbons (Fsp3) is 0.718. The minimum atomic E-state index is -2.10. The molecule has 31 heteroatoms. The number of hydrogen-bond acceptors (Lipinski definition) is 22. The molecule has 5 saturated carbocycles. The van der Waals surface area contributed by atoms with E-state index in [1.54, 1.807) is 32.2 Å². The quantitative estimate of drug-likeness (QED) is 0.0650. The first-order chi connectivity index (χ1) is 52.0. The summed E-state index contributed by atoms with van der Waals surface area (Å²) in [7, 11) is 1.55. The van der Waals surface area contributed by atoms with Crippen molar-refractivity contribution in [2.24, 2.45) is 82.5 Å². The third-order valence-electron chi connectivity index (χ3n) is 25.4. The maximum atomic E-state index is 16.4. The van der Waals surface area contributed by atoms with Gasteiger partial charge in [-0.25, -0.2) is 0 Å². The number of benzene rings is 1. The molecule has 2 unspecified atom stereocenters. The molecule has 9 aliphatic carbocycles. The van der Waals surface area contributed by atoms with Crippen LogP contribution < -0.4 is 73.5 Å². The van der Waals surface area contributed by atoms with Crippen molar-refractivity contribution >= 4 is 58.9 Å². The molecule has 0 saturated heterocycles. The summed E-state index contributed by atoms with van der Waals surface area (Å²) in [5.74, 6) is -14.9. The van der Waals surface area contributed by atoms with E-state index in [1.165, 1.54) is 18.2 Å². The van der Waals surface area contributed by atoms with Gasteiger partial charge >= 0.3 is 0 Å². The molecule has 30 nitrogen and oxygen atoms in total. The Morgan fingerprint density at radius 1 is 0.716 bits per heavy atom. The second-order valence-electron chi connectivity index (χ2n) is 33.5. The Morgan fingerprint density at radius 2 is 1.40 bits per heavy atom. The molecule has 0 aromatic heterocycles. The van der Waals surface area contributed by atoms with Gasteiger partial charge in [0.15, 0.2) is 11.5 Å². The fourth-order valence-electron chi connectivity index (χ4n) is 19.7. The van der Waals surface area contributed by atoms with Gasteiger partial charge in [0.05, 0.1) is 53.8 Å². The second kappa shape index (κ2) is 35.0. The van der Waals surface area contributed by atoms with Crippen LogP contribution in [0, 0.1) is 71.0 Å². The molecule has 0 spiro atoms. The number of amides is 8. The lowest BCUT2D eigenvalue weighted by Crippen LogP contribution is -2.66. The first-order valence-electron chi connectivity index (χ1n) is 39.6. The highest BCUT2D eigenvalue weighted by Gasteiger charge is 2.55. The van der Waals surface area contributed by atoms with E-state index in [0.717, 1.165) is 57.8 Å². The van der Waals surface area contributed by atoms with Gasteiger partial charge in [-0.3, -0.25) is 38.4 Å². The molecule has 15 rings (SSSR count). The number of ether oxygens (including phenoxy) is 3. The van der Waals surface area contributed by atoms with Gasteiger partial charge in [0.2, 0.25) is 53.0 Å². The van der Waals surface area contributed by atoms with Gasteiger partial charge in [-0.05, 0) is 168 Å². The Morgan fingerprint density at radius 3 is 2.06 bits per heavy atom. The molecule has 8 amide bonds. The normalized spacial score (nSPS) is 39.0. The number of halogens is 1. The number of unbranched alkanes of at least 4 members (excludes halogenated alkanes) is 3. The number of nitrogens with two attached hydrogens (primary N) is 2. The summed E-state index contributed by atoms with van der Waals surface area (Å²) in [6.45, 7) is 8.02. The third-order valence-corrected chi connectivity index (χ3v) is 25.8. The van der Waals surface area contributed by atoms with Crippen LogP contribution >= 0.6 is 11.6 Å². The van der Waals surface area contributed by atoms with E-state index < -0.39 is 198 Å².